The number of nitrogens with zero attached hydrogens (tertiary/aromatic N) is 3. The maximum absolute atomic E-state index is 12.8. The van der Waals surface area contributed by atoms with E-state index in [2.05, 4.69) is 53.0 Å². The van der Waals surface area contributed by atoms with Crippen LogP contribution in [0, 0.1) is 24.7 Å². The first-order valence-electron chi connectivity index (χ1n) is 21.6. The number of aliphatic hydroxyl groups excluding tert-OH is 1. The molecule has 24 heteroatoms. The highest BCUT2D eigenvalue weighted by Gasteiger charge is 2.32. The Hall–Kier alpha value is -6.32. The minimum atomic E-state index is -1.29. The Kier molecular flexibility index (Phi) is 27.3. The number of hydrogen-bond acceptors (Lipinski definition) is 19. The van der Waals surface area contributed by atoms with Gasteiger partial charge < -0.3 is 75.1 Å². The molecule has 0 aliphatic rings. The molecule has 0 saturated carbocycles. The van der Waals surface area contributed by atoms with Gasteiger partial charge in [-0.1, -0.05) is 11.8 Å². The van der Waals surface area contributed by atoms with Gasteiger partial charge in [0.1, 0.15) is 24.8 Å². The van der Waals surface area contributed by atoms with Crippen LogP contribution >= 0.6 is 0 Å². The second-order valence-corrected chi connectivity index (χ2v) is 14.5. The summed E-state index contributed by atoms with van der Waals surface area (Å²) in [7, 11) is 0. The fourth-order valence-corrected chi connectivity index (χ4v) is 5.69. The third kappa shape index (κ3) is 22.9. The summed E-state index contributed by atoms with van der Waals surface area (Å²) in [6.45, 7) is 3.59. The number of aromatic nitrogens is 4. The van der Waals surface area contributed by atoms with E-state index in [4.69, 9.17) is 56.5 Å². The van der Waals surface area contributed by atoms with Crippen molar-refractivity contribution in [2.24, 2.45) is 0 Å². The molecule has 3 aromatic rings. The molecule has 0 spiro atoms. The van der Waals surface area contributed by atoms with Crippen LogP contribution in [0.2, 0.25) is 0 Å². The molecule has 0 fully saturated rings. The number of carboxylic acids is 1. The minimum absolute atomic E-state index is 0.00873. The molecule has 0 aliphatic heterocycles. The van der Waals surface area contributed by atoms with Crippen molar-refractivity contribution in [3.8, 4) is 24.7 Å². The molecule has 24 nitrogen and oxygen atoms in total. The lowest BCUT2D eigenvalue weighted by atomic mass is 10.0. The second kappa shape index (κ2) is 33.2. The number of hydrogen-bond donors (Lipinski definition) is 8. The second-order valence-electron chi connectivity index (χ2n) is 14.5. The Morgan fingerprint density at radius 1 is 0.765 bits per heavy atom. The maximum atomic E-state index is 12.8. The van der Waals surface area contributed by atoms with Crippen LogP contribution in [0.15, 0.2) is 35.3 Å². The number of amides is 3. The number of nitrogen functional groups attached to an aromatic ring is 1. The molecule has 2 aromatic heterocycles. The van der Waals surface area contributed by atoms with Gasteiger partial charge in [0.05, 0.1) is 118 Å². The number of aromatic amines is 1. The van der Waals surface area contributed by atoms with Crippen LogP contribution in [-0.4, -0.2) is 184 Å². The first-order valence-corrected chi connectivity index (χ1v) is 21.6. The van der Waals surface area contributed by atoms with Crippen molar-refractivity contribution in [2.75, 3.05) is 130 Å². The molecule has 68 heavy (non-hydrogen) atoms. The number of rotatable bonds is 38. The Balaban J connectivity index is 1.11. The molecule has 9 N–H and O–H groups in total. The number of ether oxygens (including phenoxy) is 8. The lowest BCUT2D eigenvalue weighted by Gasteiger charge is -2.32. The van der Waals surface area contributed by atoms with Gasteiger partial charge in [0.2, 0.25) is 17.8 Å². The van der Waals surface area contributed by atoms with Gasteiger partial charge in [-0.05, 0) is 30.7 Å². The largest absolute Gasteiger partial charge is 0.480 e. The molecule has 0 unspecified atom stereocenters. The fourth-order valence-electron chi connectivity index (χ4n) is 5.69. The van der Waals surface area contributed by atoms with Crippen molar-refractivity contribution in [2.45, 2.75) is 37.4 Å². The van der Waals surface area contributed by atoms with Gasteiger partial charge in [-0.3, -0.25) is 24.2 Å². The summed E-state index contributed by atoms with van der Waals surface area (Å²) in [5.74, 6) is 1.92. The van der Waals surface area contributed by atoms with Gasteiger partial charge in [-0.15, -0.1) is 12.8 Å². The quantitative estimate of drug-likeness (QED) is 0.0242. The highest BCUT2D eigenvalue weighted by Crippen LogP contribution is 2.13. The third-order valence-electron chi connectivity index (χ3n) is 9.11. The fraction of sp³-hybridized carbons (Fsp3) is 0.545. The van der Waals surface area contributed by atoms with E-state index in [1.807, 2.05) is 0 Å². The molecule has 3 amide bonds. The summed E-state index contributed by atoms with van der Waals surface area (Å²) in [5.41, 5.74) is 5.30. The van der Waals surface area contributed by atoms with Crippen LogP contribution in [0.5, 0.6) is 0 Å². The van der Waals surface area contributed by atoms with E-state index < -0.39 is 41.5 Å². The normalized spacial score (nSPS) is 11.6. The third-order valence-corrected chi connectivity index (χ3v) is 9.11. The van der Waals surface area contributed by atoms with Crippen molar-refractivity contribution in [1.82, 2.24) is 35.9 Å². The van der Waals surface area contributed by atoms with E-state index in [-0.39, 0.29) is 107 Å². The minimum Gasteiger partial charge on any atom is -0.480 e. The molecule has 0 aliphatic carbocycles. The summed E-state index contributed by atoms with van der Waals surface area (Å²) in [4.78, 5) is 76.2. The van der Waals surface area contributed by atoms with Crippen LogP contribution in [0.4, 0.5) is 11.6 Å². The number of fused-ring (bicyclic) bond motifs is 1. The van der Waals surface area contributed by atoms with Gasteiger partial charge in [-0.25, -0.2) is 14.8 Å². The molecular weight excluding hydrogens is 895 g/mol. The van der Waals surface area contributed by atoms with Crippen molar-refractivity contribution in [3.05, 3.63) is 52.1 Å². The number of H-pyrrole nitrogens is 1. The molecular formula is C44H61N9O15. The summed E-state index contributed by atoms with van der Waals surface area (Å²) in [5, 5.41) is 30.5. The van der Waals surface area contributed by atoms with Crippen LogP contribution in [0.1, 0.15) is 35.3 Å². The lowest BCUT2D eigenvalue weighted by Crippen LogP contribution is -2.58. The highest BCUT2D eigenvalue weighted by molar-refractivity contribution is 5.97. The summed E-state index contributed by atoms with van der Waals surface area (Å²) >= 11 is 0. The number of carbonyl (C=O) groups is 4. The number of nitrogens with two attached hydrogens (primary N) is 1. The van der Waals surface area contributed by atoms with E-state index in [1.54, 1.807) is 12.1 Å². The van der Waals surface area contributed by atoms with Gasteiger partial charge in [0.25, 0.3) is 11.5 Å². The van der Waals surface area contributed by atoms with E-state index in [0.717, 1.165) is 0 Å². The van der Waals surface area contributed by atoms with Gasteiger partial charge in [0.15, 0.2) is 11.2 Å². The number of aliphatic hydroxyl groups is 1. The molecule has 1 aromatic carbocycles. The number of aliphatic carboxylic acids is 1. The van der Waals surface area contributed by atoms with Crippen molar-refractivity contribution < 1.29 is 67.3 Å². The Bertz CT molecular complexity index is 2110. The number of anilines is 2. The van der Waals surface area contributed by atoms with Crippen molar-refractivity contribution in [3.63, 3.8) is 0 Å². The average Bonchev–Trinajstić information content (AvgIpc) is 3.32. The van der Waals surface area contributed by atoms with E-state index >= 15 is 0 Å². The predicted molar refractivity (Wildman–Crippen MR) is 244 cm³/mol. The van der Waals surface area contributed by atoms with Crippen LogP contribution in [0.25, 0.3) is 11.2 Å². The predicted octanol–water partition coefficient (Wildman–Crippen LogP) is -1.38. The molecule has 0 bridgehead atoms. The topological polar surface area (TPSA) is 328 Å². The molecule has 372 valence electrons. The number of carboxylic acid groups (broad SMARTS) is 1. The monoisotopic (exact) mass is 955 g/mol. The zero-order chi connectivity index (χ0) is 49.2. The Morgan fingerprint density at radius 3 is 1.87 bits per heavy atom. The Morgan fingerprint density at radius 2 is 1.32 bits per heavy atom. The first kappa shape index (κ1) is 56.0. The van der Waals surface area contributed by atoms with E-state index in [0.29, 0.717) is 70.8 Å². The smallest absolute Gasteiger partial charge is 0.326 e. The highest BCUT2D eigenvalue weighted by atomic mass is 16.6. The number of nitrogens with one attached hydrogen (secondary N) is 5. The van der Waals surface area contributed by atoms with Gasteiger partial charge in [0, 0.05) is 30.6 Å². The zero-order valence-electron chi connectivity index (χ0n) is 37.8. The van der Waals surface area contributed by atoms with Gasteiger partial charge in [-0.2, -0.15) is 4.98 Å². The summed E-state index contributed by atoms with van der Waals surface area (Å²) < 4.78 is 43.4. The standard InChI is InChI=1S/C44H61N9O15/c1-3-13-67-30-44(29-54,31-68-14-4-2)53-37(56)11-15-61-17-19-63-21-23-65-25-26-66-24-22-64-20-18-62-16-12-46-36(55)10-9-35(42(59)60)50-40(57)32-5-7-33(8-6-32)47-27-34-28-48-39-38(49-34)41(58)52-43(45)51-39/h1-2,5-8,28,35,47,54H,9-27,29-31H2,(H,46,55)(H,50,57)(H,53,56)(H,59,60)(H3,45,48,51,52,58)/t35-/m0/s1. The van der Waals surface area contributed by atoms with Gasteiger partial charge >= 0.3 is 5.97 Å². The van der Waals surface area contributed by atoms with E-state index in [9.17, 15) is 34.2 Å². The summed E-state index contributed by atoms with van der Waals surface area (Å²) in [6.07, 6.45) is 11.6. The molecule has 0 radical (unpaired) electrons. The molecule has 3 rings (SSSR count). The lowest BCUT2D eigenvalue weighted by molar-refractivity contribution is -0.139. The number of terminal acetylenes is 2. The SMILES string of the molecule is C#CCOCC(CO)(COCC#C)NC(=O)CCOCCOCCOCCOCCOCCOCCNC(=O)CC[C@H](NC(=O)c1ccc(NCc2cnc3nc(N)[nH]c(=O)c3n2)cc1)C(=O)O. The van der Waals surface area contributed by atoms with Crippen molar-refractivity contribution in [1.29, 1.82) is 0 Å². The zero-order valence-corrected chi connectivity index (χ0v) is 37.8. The van der Waals surface area contributed by atoms with Crippen LogP contribution in [-0.2, 0) is 58.8 Å². The van der Waals surface area contributed by atoms with E-state index in [1.165, 1.54) is 18.3 Å². The molecule has 1 atom stereocenters. The molecule has 2 heterocycles. The maximum Gasteiger partial charge on any atom is 0.326 e. The first-order chi connectivity index (χ1) is 33.0. The number of benzene rings is 1. The average molecular weight is 956 g/mol. The van der Waals surface area contributed by atoms with Crippen LogP contribution in [0.3, 0.4) is 0 Å². The number of carbonyl (C=O) groups excluding carboxylic acids is 3. The Labute approximate surface area is 393 Å². The summed E-state index contributed by atoms with van der Waals surface area (Å²) in [6, 6.07) is 4.97. The molecule has 0 saturated heterocycles. The van der Waals surface area contributed by atoms with Crippen LogP contribution < -0.4 is 32.6 Å². The van der Waals surface area contributed by atoms with Crippen molar-refractivity contribution >= 4 is 46.5 Å².